The van der Waals surface area contributed by atoms with Gasteiger partial charge in [0.1, 0.15) is 17.8 Å². The van der Waals surface area contributed by atoms with Gasteiger partial charge < -0.3 is 9.64 Å². The number of nitro benzene ring substituents is 1. The Bertz CT molecular complexity index is 1120. The third-order valence-electron chi connectivity index (χ3n) is 4.86. The van der Waals surface area contributed by atoms with Crippen molar-refractivity contribution in [1.82, 2.24) is 0 Å². The van der Waals surface area contributed by atoms with Crippen molar-refractivity contribution in [3.8, 4) is 12.1 Å². The maximum atomic E-state index is 11.5. The summed E-state index contributed by atoms with van der Waals surface area (Å²) in [5.74, 6) is -0.363. The predicted molar refractivity (Wildman–Crippen MR) is 121 cm³/mol. The molecule has 0 saturated heterocycles. The number of hydrogen-bond acceptors (Lipinski definition) is 9. The van der Waals surface area contributed by atoms with Crippen LogP contribution in [-0.4, -0.2) is 30.6 Å². The molecule has 0 radical (unpaired) electrons. The summed E-state index contributed by atoms with van der Waals surface area (Å²) in [6.45, 7) is 5.27. The molecule has 10 nitrogen and oxygen atoms in total. The minimum Gasteiger partial charge on any atom is -0.450 e. The Kier molecular flexibility index (Phi) is 9.47. The lowest BCUT2D eigenvalue weighted by molar-refractivity contribution is -0.384. The van der Waals surface area contributed by atoms with Gasteiger partial charge in [-0.15, -0.1) is 5.11 Å². The first-order valence-electron chi connectivity index (χ1n) is 10.4. The topological polar surface area (TPSA) is 145 Å². The van der Waals surface area contributed by atoms with Crippen LogP contribution in [0.3, 0.4) is 0 Å². The molecule has 10 heteroatoms. The number of nitriles is 2. The van der Waals surface area contributed by atoms with E-state index in [-0.39, 0.29) is 35.9 Å². The second kappa shape index (κ2) is 12.5. The molecule has 2 rings (SSSR count). The molecule has 0 aliphatic carbocycles. The number of aryl methyl sites for hydroxylation is 1. The zero-order valence-corrected chi connectivity index (χ0v) is 18.5. The molecule has 0 unspecified atom stereocenters. The summed E-state index contributed by atoms with van der Waals surface area (Å²) in [4.78, 5) is 24.0. The number of hydrogen-bond donors (Lipinski definition) is 0. The van der Waals surface area contributed by atoms with Crippen LogP contribution in [0.15, 0.2) is 46.6 Å². The Morgan fingerprint density at radius 3 is 2.52 bits per heavy atom. The highest BCUT2D eigenvalue weighted by Crippen LogP contribution is 2.29. The van der Waals surface area contributed by atoms with E-state index in [1.165, 1.54) is 18.2 Å². The molecule has 0 aromatic heterocycles. The molecule has 170 valence electrons. The van der Waals surface area contributed by atoms with E-state index in [1.54, 1.807) is 6.07 Å². The lowest BCUT2D eigenvalue weighted by Crippen LogP contribution is -2.24. The molecular weight excluding hydrogens is 424 g/mol. The van der Waals surface area contributed by atoms with Gasteiger partial charge in [-0.2, -0.15) is 15.6 Å². The van der Waals surface area contributed by atoms with Crippen LogP contribution in [-0.2, 0) is 9.53 Å². The van der Waals surface area contributed by atoms with Crippen molar-refractivity contribution in [2.24, 2.45) is 10.2 Å². The summed E-state index contributed by atoms with van der Waals surface area (Å²) in [5.41, 5.74) is 2.68. The number of benzene rings is 2. The number of unbranched alkanes of at least 4 members (excludes halogenated alkanes) is 1. The van der Waals surface area contributed by atoms with Crippen LogP contribution in [0.25, 0.3) is 0 Å². The number of non-ortho nitro benzene ring substituents is 1. The number of ether oxygens (including phenoxy) is 1. The van der Waals surface area contributed by atoms with Gasteiger partial charge in [-0.05, 0) is 56.5 Å². The maximum Gasteiger partial charge on any atom is 0.306 e. The number of esters is 1. The van der Waals surface area contributed by atoms with Crippen LogP contribution < -0.4 is 4.90 Å². The molecule has 0 heterocycles. The summed E-state index contributed by atoms with van der Waals surface area (Å²) in [6, 6.07) is 13.3. The van der Waals surface area contributed by atoms with E-state index in [9.17, 15) is 20.2 Å². The molecule has 0 amide bonds. The molecule has 0 aliphatic heterocycles. The summed E-state index contributed by atoms with van der Waals surface area (Å²) < 4.78 is 4.74. The van der Waals surface area contributed by atoms with E-state index in [0.717, 1.165) is 30.8 Å². The molecule has 33 heavy (non-hydrogen) atoms. The van der Waals surface area contributed by atoms with E-state index < -0.39 is 4.92 Å². The van der Waals surface area contributed by atoms with Crippen molar-refractivity contribution >= 4 is 28.7 Å². The average Bonchev–Trinajstić information content (AvgIpc) is 2.81. The fourth-order valence-electron chi connectivity index (χ4n) is 3.10. The third kappa shape index (κ3) is 7.40. The van der Waals surface area contributed by atoms with Crippen LogP contribution in [0.4, 0.5) is 22.7 Å². The third-order valence-corrected chi connectivity index (χ3v) is 4.86. The number of nitro groups is 1. The number of carbonyl (C=O) groups is 1. The Balaban J connectivity index is 2.03. The molecule has 0 aliphatic rings. The number of anilines is 1. The fraction of sp³-hybridized carbons (Fsp3) is 0.348. The van der Waals surface area contributed by atoms with Gasteiger partial charge in [0, 0.05) is 37.3 Å². The summed E-state index contributed by atoms with van der Waals surface area (Å²) in [5, 5.41) is 36.9. The first-order valence-corrected chi connectivity index (χ1v) is 10.4. The molecule has 0 spiro atoms. The lowest BCUT2D eigenvalue weighted by atomic mass is 10.1. The largest absolute Gasteiger partial charge is 0.450 e. The smallest absolute Gasteiger partial charge is 0.306 e. The summed E-state index contributed by atoms with van der Waals surface area (Å²) in [7, 11) is 0. The Morgan fingerprint density at radius 2 is 1.88 bits per heavy atom. The van der Waals surface area contributed by atoms with Crippen molar-refractivity contribution in [1.29, 1.82) is 10.5 Å². The Morgan fingerprint density at radius 1 is 1.15 bits per heavy atom. The van der Waals surface area contributed by atoms with Gasteiger partial charge in [0.05, 0.1) is 16.2 Å². The number of azo groups is 1. The summed E-state index contributed by atoms with van der Waals surface area (Å²) >= 11 is 0. The van der Waals surface area contributed by atoms with Gasteiger partial charge in [0.2, 0.25) is 0 Å². The van der Waals surface area contributed by atoms with Gasteiger partial charge in [-0.25, -0.2) is 0 Å². The second-order valence-electron chi connectivity index (χ2n) is 7.10. The quantitative estimate of drug-likeness (QED) is 0.150. The normalized spacial score (nSPS) is 10.4. The first-order chi connectivity index (χ1) is 15.9. The maximum absolute atomic E-state index is 11.5. The predicted octanol–water partition coefficient (Wildman–Crippen LogP) is 5.25. The molecule has 0 N–H and O–H groups in total. The monoisotopic (exact) mass is 448 g/mol. The molecular formula is C23H24N6O4. The van der Waals surface area contributed by atoms with Gasteiger partial charge >= 0.3 is 5.97 Å². The minimum atomic E-state index is -0.565. The summed E-state index contributed by atoms with van der Waals surface area (Å²) in [6.07, 6.45) is 1.75. The van der Waals surface area contributed by atoms with Crippen molar-refractivity contribution in [3.05, 3.63) is 57.6 Å². The molecule has 2 aromatic rings. The second-order valence-corrected chi connectivity index (χ2v) is 7.10. The highest BCUT2D eigenvalue weighted by molar-refractivity contribution is 5.69. The highest BCUT2D eigenvalue weighted by Gasteiger charge is 2.11. The molecule has 0 atom stereocenters. The van der Waals surface area contributed by atoms with Gasteiger partial charge in [-0.3, -0.25) is 14.9 Å². The van der Waals surface area contributed by atoms with Crippen molar-refractivity contribution in [3.63, 3.8) is 0 Å². The van der Waals surface area contributed by atoms with Gasteiger partial charge in [0.25, 0.3) is 5.69 Å². The minimum absolute atomic E-state index is 0.0795. The average molecular weight is 448 g/mol. The van der Waals surface area contributed by atoms with Gasteiger partial charge in [0.15, 0.2) is 6.61 Å². The lowest BCUT2D eigenvalue weighted by Gasteiger charge is -2.23. The van der Waals surface area contributed by atoms with E-state index >= 15 is 0 Å². The van der Waals surface area contributed by atoms with E-state index in [1.807, 2.05) is 38.1 Å². The Labute approximate surface area is 191 Å². The molecule has 2 aromatic carbocycles. The Hall–Kier alpha value is -4.31. The van der Waals surface area contributed by atoms with Crippen LogP contribution in [0, 0.1) is 39.7 Å². The number of carbonyl (C=O) groups excluding carboxylic acids is 1. The standard InChI is InChI=1S/C23H24N6O4/c1-3-28(12-5-4-6-23(30)33-13-11-24)19-7-9-21(17(2)14-19)26-27-22-10-8-20(29(31)32)15-18(22)16-25/h7-10,14-15H,3-6,12-13H2,1-2H3/b27-26+. The molecule has 0 saturated carbocycles. The van der Waals surface area contributed by atoms with E-state index in [0.29, 0.717) is 12.1 Å². The van der Waals surface area contributed by atoms with Crippen LogP contribution in [0.2, 0.25) is 0 Å². The van der Waals surface area contributed by atoms with Crippen molar-refractivity contribution < 1.29 is 14.5 Å². The van der Waals surface area contributed by atoms with E-state index in [4.69, 9.17) is 10.00 Å². The zero-order valence-electron chi connectivity index (χ0n) is 18.5. The SMILES string of the molecule is CCN(CCCCC(=O)OCC#N)c1ccc(/N=N/c2ccc([N+](=O)[O-])cc2C#N)c(C)c1. The van der Waals surface area contributed by atoms with Crippen LogP contribution >= 0.6 is 0 Å². The first kappa shape index (κ1) is 25.0. The molecule has 0 fully saturated rings. The fourth-order valence-corrected chi connectivity index (χ4v) is 3.10. The zero-order chi connectivity index (χ0) is 24.2. The number of nitrogens with zero attached hydrogens (tertiary/aromatic N) is 6. The van der Waals surface area contributed by atoms with Crippen LogP contribution in [0.5, 0.6) is 0 Å². The van der Waals surface area contributed by atoms with Gasteiger partial charge in [-0.1, -0.05) is 0 Å². The van der Waals surface area contributed by atoms with Crippen LogP contribution in [0.1, 0.15) is 37.3 Å². The van der Waals surface area contributed by atoms with Crippen molar-refractivity contribution in [2.75, 3.05) is 24.6 Å². The highest BCUT2D eigenvalue weighted by atomic mass is 16.6. The van der Waals surface area contributed by atoms with Crippen molar-refractivity contribution in [2.45, 2.75) is 33.1 Å². The number of rotatable bonds is 11. The van der Waals surface area contributed by atoms with E-state index in [2.05, 4.69) is 15.1 Å². The molecule has 0 bridgehead atoms.